The van der Waals surface area contributed by atoms with Crippen LogP contribution in [0, 0.1) is 6.10 Å². The third-order valence-corrected chi connectivity index (χ3v) is 4.57. The minimum atomic E-state index is -0.437. The van der Waals surface area contributed by atoms with E-state index in [1.165, 1.54) is 0 Å². The number of hydrogen-bond donors (Lipinski definition) is 0. The fraction of sp³-hybridized carbons (Fsp3) is 0.375. The van der Waals surface area contributed by atoms with Crippen LogP contribution in [0.4, 0.5) is 4.39 Å². The van der Waals surface area contributed by atoms with Crippen LogP contribution in [0.25, 0.3) is 10.9 Å². The zero-order valence-electron chi connectivity index (χ0n) is 11.5. The van der Waals surface area contributed by atoms with E-state index in [-0.39, 0.29) is 33.8 Å². The molecule has 104 valence electrons. The Hall–Kier alpha value is -0.952. The fourth-order valence-electron chi connectivity index (χ4n) is 3.58. The minimum Gasteiger partial charge on any atom is -0.648 e. The van der Waals surface area contributed by atoms with Gasteiger partial charge in [0.2, 0.25) is 5.52 Å². The van der Waals surface area contributed by atoms with Crippen molar-refractivity contribution < 1.29 is 34.8 Å². The number of ether oxygens (including phenoxy) is 1. The van der Waals surface area contributed by atoms with E-state index >= 15 is 0 Å². The van der Waals surface area contributed by atoms with Crippen molar-refractivity contribution in [1.82, 2.24) is 0 Å². The number of rotatable bonds is 2. The second-order valence-corrected chi connectivity index (χ2v) is 5.66. The summed E-state index contributed by atoms with van der Waals surface area (Å²) in [6.07, 6.45) is 1.79. The van der Waals surface area contributed by atoms with E-state index in [1.807, 2.05) is 19.1 Å². The van der Waals surface area contributed by atoms with Gasteiger partial charge in [0.15, 0.2) is 11.4 Å². The number of halogens is 1. The Morgan fingerprint density at radius 3 is 2.85 bits per heavy atom. The molecule has 2 aliphatic heterocycles. The largest absolute Gasteiger partial charge is 0.648 e. The quantitative estimate of drug-likeness (QED) is 0.516. The van der Waals surface area contributed by atoms with Crippen LogP contribution in [-0.4, -0.2) is 6.67 Å². The smallest absolute Gasteiger partial charge is 0.250 e. The summed E-state index contributed by atoms with van der Waals surface area (Å²) < 4.78 is 21.9. The Bertz CT molecular complexity index is 689. The maximum atomic E-state index is 13.6. The van der Waals surface area contributed by atoms with Crippen LogP contribution in [0.3, 0.4) is 0 Å². The number of nitrogens with zero attached hydrogens (tertiary/aromatic N) is 1. The molecule has 0 bridgehead atoms. The first kappa shape index (κ1) is 14.0. The number of benzene rings is 1. The molecule has 2 unspecified atom stereocenters. The Morgan fingerprint density at radius 2 is 2.15 bits per heavy atom. The second kappa shape index (κ2) is 4.52. The van der Waals surface area contributed by atoms with Gasteiger partial charge in [-0.1, -0.05) is 19.1 Å². The number of alkyl halides is 1. The van der Waals surface area contributed by atoms with E-state index in [2.05, 4.69) is 29.7 Å². The Morgan fingerprint density at radius 1 is 1.35 bits per heavy atom. The maximum absolute atomic E-state index is 13.6. The van der Waals surface area contributed by atoms with Crippen LogP contribution < -0.4 is 9.30 Å². The molecule has 0 aliphatic carbocycles. The summed E-state index contributed by atoms with van der Waals surface area (Å²) in [4.78, 5) is 0. The fourth-order valence-corrected chi connectivity index (χ4v) is 3.58. The molecule has 0 saturated heterocycles. The van der Waals surface area contributed by atoms with Gasteiger partial charge in [-0.15, -0.1) is 6.42 Å². The van der Waals surface area contributed by atoms with E-state index in [0.717, 1.165) is 34.9 Å². The third-order valence-electron chi connectivity index (χ3n) is 4.57. The molecule has 0 spiro atoms. The van der Waals surface area contributed by atoms with Crippen LogP contribution in [0.2, 0.25) is 0 Å². The molecule has 0 radical (unpaired) electrons. The molecule has 0 saturated carbocycles. The van der Waals surface area contributed by atoms with Crippen molar-refractivity contribution in [3.63, 3.8) is 0 Å². The zero-order chi connectivity index (χ0) is 13.2. The van der Waals surface area contributed by atoms with Gasteiger partial charge < -0.3 is 4.74 Å². The van der Waals surface area contributed by atoms with Crippen LogP contribution in [0.5, 0.6) is 5.75 Å². The van der Waals surface area contributed by atoms with Crippen molar-refractivity contribution in [1.29, 1.82) is 0 Å². The van der Waals surface area contributed by atoms with E-state index in [0.29, 0.717) is 0 Å². The molecule has 2 aliphatic rings. The zero-order valence-corrected chi connectivity index (χ0v) is 14.5. The first-order valence-corrected chi connectivity index (χ1v) is 6.78. The van der Waals surface area contributed by atoms with Gasteiger partial charge in [-0.05, 0) is 25.1 Å². The molecule has 3 heterocycles. The normalized spacial score (nSPS) is 26.6. The Kier molecular flexibility index (Phi) is 3.17. The Labute approximate surface area is 132 Å². The van der Waals surface area contributed by atoms with Gasteiger partial charge in [-0.3, -0.25) is 0 Å². The number of para-hydroxylation sites is 1. The van der Waals surface area contributed by atoms with E-state index in [4.69, 9.17) is 4.74 Å². The molecule has 2 aromatic rings. The van der Waals surface area contributed by atoms with Crippen molar-refractivity contribution >= 4 is 10.9 Å². The van der Waals surface area contributed by atoms with E-state index < -0.39 is 5.41 Å². The molecular weight excluding hydrogens is 425 g/mol. The molecule has 4 heteroatoms. The molecule has 0 fully saturated rings. The van der Waals surface area contributed by atoms with Crippen LogP contribution in [0.1, 0.15) is 32.0 Å². The van der Waals surface area contributed by atoms with Crippen LogP contribution in [0.15, 0.2) is 30.3 Å². The molecule has 0 amide bonds. The predicted octanol–water partition coefficient (Wildman–Crippen LogP) is 3.24. The summed E-state index contributed by atoms with van der Waals surface area (Å²) in [6.45, 7) is 3.71. The Balaban J connectivity index is 0.00000121. The van der Waals surface area contributed by atoms with E-state index in [9.17, 15) is 4.39 Å². The second-order valence-electron chi connectivity index (χ2n) is 5.66. The monoisotopic (exact) mass is 441 g/mol. The van der Waals surface area contributed by atoms with Crippen LogP contribution >= 0.6 is 0 Å². The summed E-state index contributed by atoms with van der Waals surface area (Å²) in [5, 5.41) is 1.15. The topological polar surface area (TPSA) is 13.1 Å². The van der Waals surface area contributed by atoms with Gasteiger partial charge in [-0.25, -0.2) is 8.96 Å². The molecule has 0 N–H and O–H groups in total. The third kappa shape index (κ3) is 1.45. The standard InChI is InChI=1S/C16H16FNO.W/c1-3-11-15-16(2,9-17)13-8-7-10-5-4-6-12(19-11)14(10)18(13)15;/h4-8,15H,3,9H2,1-2H3;. The van der Waals surface area contributed by atoms with Gasteiger partial charge in [0.05, 0.1) is 11.4 Å². The van der Waals surface area contributed by atoms with Crippen molar-refractivity contribution in [2.45, 2.75) is 31.7 Å². The van der Waals surface area contributed by atoms with Gasteiger partial charge in [0.1, 0.15) is 12.1 Å². The van der Waals surface area contributed by atoms with Crippen LogP contribution in [-0.2, 0) is 26.5 Å². The number of pyridine rings is 1. The summed E-state index contributed by atoms with van der Waals surface area (Å²) in [7, 11) is 0. The van der Waals surface area contributed by atoms with Crippen molar-refractivity contribution in [2.24, 2.45) is 0 Å². The van der Waals surface area contributed by atoms with Gasteiger partial charge in [-0.2, -0.15) is 0 Å². The predicted molar refractivity (Wildman–Crippen MR) is 70.7 cm³/mol. The minimum absolute atomic E-state index is 0. The van der Waals surface area contributed by atoms with E-state index in [1.54, 1.807) is 0 Å². The molecule has 2 nitrogen and oxygen atoms in total. The van der Waals surface area contributed by atoms with Crippen molar-refractivity contribution in [2.75, 3.05) is 6.67 Å². The summed E-state index contributed by atoms with van der Waals surface area (Å²) in [6, 6.07) is 10.2. The van der Waals surface area contributed by atoms with Crippen molar-refractivity contribution in [3.05, 3.63) is 42.1 Å². The molecule has 1 aromatic carbocycles. The van der Waals surface area contributed by atoms with Gasteiger partial charge in [0, 0.05) is 27.1 Å². The van der Waals surface area contributed by atoms with Gasteiger partial charge >= 0.3 is 0 Å². The van der Waals surface area contributed by atoms with Gasteiger partial charge in [0.25, 0.3) is 0 Å². The summed E-state index contributed by atoms with van der Waals surface area (Å²) in [5.41, 5.74) is 1.75. The molecule has 4 rings (SSSR count). The summed E-state index contributed by atoms with van der Waals surface area (Å²) >= 11 is 0. The molecule has 1 aromatic heterocycles. The average Bonchev–Trinajstić information content (AvgIpc) is 2.45. The average molecular weight is 441 g/mol. The molecular formula is C16H16FNOW. The summed E-state index contributed by atoms with van der Waals surface area (Å²) in [5.74, 6) is 0.897. The first-order valence-electron chi connectivity index (χ1n) is 6.78. The maximum Gasteiger partial charge on any atom is 0.250 e. The number of aromatic nitrogens is 1. The number of hydrogen-bond acceptors (Lipinski definition) is 1. The SMILES string of the molecule is CC[C-]1Oc2cccc3ccc4[n+](c23)C1C4(C)CF.[W]. The van der Waals surface area contributed by atoms with Crippen molar-refractivity contribution in [3.8, 4) is 5.75 Å². The first-order chi connectivity index (χ1) is 9.20. The molecule has 20 heavy (non-hydrogen) atoms. The molecule has 2 atom stereocenters.